The van der Waals surface area contributed by atoms with Crippen LogP contribution in [0, 0.1) is 0 Å². The molecule has 7 heterocycles. The molecule has 11 heteroatoms. The van der Waals surface area contributed by atoms with Crippen molar-refractivity contribution >= 4 is 108 Å². The van der Waals surface area contributed by atoms with Crippen LogP contribution in [0.25, 0.3) is 101 Å². The maximum absolute atomic E-state index is 16.8. The van der Waals surface area contributed by atoms with Gasteiger partial charge in [-0.25, -0.2) is 34.5 Å². The second kappa shape index (κ2) is 18.1. The fourth-order valence-electron chi connectivity index (χ4n) is 13.1. The predicted octanol–water partition coefficient (Wildman–Crippen LogP) is 13.0. The van der Waals surface area contributed by atoms with E-state index < -0.39 is 13.4 Å². The molecule has 9 nitrogen and oxygen atoms in total. The summed E-state index contributed by atoms with van der Waals surface area (Å²) in [6.07, 6.45) is 0. The molecule has 0 unspecified atom stereocenters. The van der Waals surface area contributed by atoms with Crippen molar-refractivity contribution in [1.29, 1.82) is 0 Å². The Labute approximate surface area is 471 Å². The van der Waals surface area contributed by atoms with E-state index in [4.69, 9.17) is 28.8 Å². The van der Waals surface area contributed by atoms with Crippen molar-refractivity contribution < 1.29 is 13.6 Å². The lowest BCUT2D eigenvalue weighted by molar-refractivity contribution is 0.254. The lowest BCUT2D eigenvalue weighted by atomic mass is 9.33. The molecule has 0 saturated carbocycles. The zero-order valence-electron chi connectivity index (χ0n) is 43.8. The number of urea groups is 1. The Hall–Kier alpha value is -10.9. The molecule has 4 aromatic heterocycles. The number of rotatable bonds is 8. The summed E-state index contributed by atoms with van der Waals surface area (Å²) in [5.74, 6) is 2.07. The van der Waals surface area contributed by atoms with Gasteiger partial charge in [0.25, 0.3) is 13.4 Å². The largest absolute Gasteiger partial charge is 0.440 e. The molecule has 3 aliphatic heterocycles. The molecule has 0 atom stereocenters. The van der Waals surface area contributed by atoms with Gasteiger partial charge in [0.1, 0.15) is 11.2 Å². The second-order valence-electron chi connectivity index (χ2n) is 21.1. The van der Waals surface area contributed by atoms with Crippen molar-refractivity contribution in [1.82, 2.24) is 19.9 Å². The molecule has 0 N–H and O–H groups in total. The van der Waals surface area contributed by atoms with E-state index in [1.54, 1.807) is 0 Å². The molecular weight excluding hydrogens is 1010 g/mol. The van der Waals surface area contributed by atoms with Crippen LogP contribution in [0.5, 0.6) is 0 Å². The summed E-state index contributed by atoms with van der Waals surface area (Å²) in [5, 5.41) is 3.60. The molecule has 10 aromatic carbocycles. The summed E-state index contributed by atoms with van der Waals surface area (Å²) >= 11 is 0. The van der Waals surface area contributed by atoms with Crippen LogP contribution >= 0.6 is 0 Å². The van der Waals surface area contributed by atoms with Crippen LogP contribution in [-0.2, 0) is 0 Å². The Morgan fingerprint density at radius 2 is 0.622 bits per heavy atom. The number of hydrogen-bond donors (Lipinski definition) is 0. The van der Waals surface area contributed by atoms with Gasteiger partial charge in [-0.3, -0.25) is 0 Å². The Morgan fingerprint density at radius 3 is 0.963 bits per heavy atom. The summed E-state index contributed by atoms with van der Waals surface area (Å²) in [7, 11) is 0. The Morgan fingerprint density at radius 1 is 0.317 bits per heavy atom. The van der Waals surface area contributed by atoms with Crippen molar-refractivity contribution in [3.05, 3.63) is 255 Å². The molecule has 3 aliphatic rings. The van der Waals surface area contributed by atoms with Crippen molar-refractivity contribution in [3.63, 3.8) is 0 Å². The van der Waals surface area contributed by atoms with Crippen molar-refractivity contribution in [2.45, 2.75) is 0 Å². The van der Waals surface area contributed by atoms with E-state index in [0.29, 0.717) is 34.6 Å². The van der Waals surface area contributed by atoms with Crippen molar-refractivity contribution in [2.24, 2.45) is 0 Å². The average molecular weight is 1050 g/mol. The predicted molar refractivity (Wildman–Crippen MR) is 332 cm³/mol. The van der Waals surface area contributed by atoms with E-state index in [2.05, 4.69) is 158 Å². The summed E-state index contributed by atoms with van der Waals surface area (Å²) in [6.45, 7) is -1.09. The number of amides is 2. The zero-order chi connectivity index (χ0) is 54.0. The molecule has 82 heavy (non-hydrogen) atoms. The van der Waals surface area contributed by atoms with Gasteiger partial charge < -0.3 is 8.83 Å². The third-order valence-corrected chi connectivity index (χ3v) is 16.6. The van der Waals surface area contributed by atoms with Gasteiger partial charge in [-0.1, -0.05) is 243 Å². The molecule has 0 radical (unpaired) electrons. The van der Waals surface area contributed by atoms with Crippen molar-refractivity contribution in [2.75, 3.05) is 9.80 Å². The second-order valence-corrected chi connectivity index (χ2v) is 21.1. The van der Waals surface area contributed by atoms with E-state index in [0.717, 1.165) is 122 Å². The van der Waals surface area contributed by atoms with Gasteiger partial charge in [0.2, 0.25) is 11.8 Å². The van der Waals surface area contributed by atoms with Gasteiger partial charge in [-0.15, -0.1) is 0 Å². The minimum Gasteiger partial charge on any atom is -0.440 e. The summed E-state index contributed by atoms with van der Waals surface area (Å²) in [4.78, 5) is 42.7. The van der Waals surface area contributed by atoms with Crippen LogP contribution in [0.15, 0.2) is 264 Å². The summed E-state index contributed by atoms with van der Waals surface area (Å²) in [5.41, 5.74) is 16.7. The number of nitrogens with zero attached hydrogens (tertiary/aromatic N) is 6. The Kier molecular flexibility index (Phi) is 10.1. The minimum absolute atomic E-state index is 0.323. The molecule has 14 aromatic rings. The van der Waals surface area contributed by atoms with Gasteiger partial charge in [-0.05, 0) is 61.6 Å². The summed E-state index contributed by atoms with van der Waals surface area (Å²) in [6, 6.07) is 86.6. The first kappa shape index (κ1) is 46.1. The number of benzene rings is 10. The molecule has 17 rings (SSSR count). The lowest BCUT2D eigenvalue weighted by Crippen LogP contribution is -2.64. The average Bonchev–Trinajstić information content (AvgIpc) is 1.38. The van der Waals surface area contributed by atoms with Gasteiger partial charge in [0.15, 0.2) is 11.6 Å². The van der Waals surface area contributed by atoms with Crippen molar-refractivity contribution in [3.8, 4) is 67.8 Å². The number of furan rings is 2. The fraction of sp³-hybridized carbons (Fsp3) is 0. The van der Waals surface area contributed by atoms with E-state index in [1.165, 1.54) is 0 Å². The van der Waals surface area contributed by atoms with Crippen LogP contribution < -0.4 is 42.6 Å². The molecule has 380 valence electrons. The van der Waals surface area contributed by atoms with Gasteiger partial charge >= 0.3 is 6.03 Å². The van der Waals surface area contributed by atoms with E-state index in [1.807, 2.05) is 107 Å². The fourth-order valence-corrected chi connectivity index (χ4v) is 13.1. The zero-order valence-corrected chi connectivity index (χ0v) is 43.8. The van der Waals surface area contributed by atoms with Gasteiger partial charge in [0, 0.05) is 38.2 Å². The van der Waals surface area contributed by atoms with Crippen LogP contribution in [0.4, 0.5) is 27.9 Å². The minimum atomic E-state index is -0.547. The van der Waals surface area contributed by atoms with E-state index >= 15 is 4.79 Å². The highest BCUT2D eigenvalue weighted by Gasteiger charge is 2.53. The number of hydrogen-bond acceptors (Lipinski definition) is 7. The quantitative estimate of drug-likeness (QED) is 0.140. The highest BCUT2D eigenvalue weighted by molar-refractivity contribution is 7.02. The number of carbonyl (C=O) groups is 1. The summed E-state index contributed by atoms with van der Waals surface area (Å²) < 4.78 is 14.4. The lowest BCUT2D eigenvalue weighted by Gasteiger charge is -2.43. The molecule has 0 saturated heterocycles. The maximum atomic E-state index is 16.8. The molecule has 0 spiro atoms. The molecule has 0 aliphatic carbocycles. The molecular formula is C71H42B2N6O3. The monoisotopic (exact) mass is 1050 g/mol. The van der Waals surface area contributed by atoms with Crippen LogP contribution in [0.3, 0.4) is 0 Å². The normalized spacial score (nSPS) is 13.0. The number of para-hydroxylation sites is 2. The van der Waals surface area contributed by atoms with Crippen LogP contribution in [0.2, 0.25) is 0 Å². The third-order valence-electron chi connectivity index (χ3n) is 16.6. The Balaban J connectivity index is 1.02. The van der Waals surface area contributed by atoms with Gasteiger partial charge in [-0.2, -0.15) is 0 Å². The highest BCUT2D eigenvalue weighted by Crippen LogP contribution is 2.50. The smallest absolute Gasteiger partial charge is 0.342 e. The van der Waals surface area contributed by atoms with E-state index in [-0.39, 0.29) is 6.03 Å². The number of fused-ring (bicyclic) bond motifs is 8. The third kappa shape index (κ3) is 6.80. The number of anilines is 4. The standard InChI is InChI=1S/C71H42B2N6O3/c80-71-78-65-52(72(57-50-35-19-21-37-54(50)81-69(57)78)59-61(44-23-7-1-8-24-44)74-67(48-31-15-5-16-32-48)75-62(59)45-25-9-2-10-26-45)41-39-43-40-42-53-66(56(43)65)79(71)70-58(51-36-20-22-38-55(51)82-70)73(53)60-63(46-27-11-3-12-28-46)76-68(49-33-17-6-18-34-49)77-64(60)47-29-13-4-14-30-47/h1-42H. The van der Waals surface area contributed by atoms with Crippen LogP contribution in [-0.4, -0.2) is 39.4 Å². The van der Waals surface area contributed by atoms with Gasteiger partial charge in [0.05, 0.1) is 34.2 Å². The maximum Gasteiger partial charge on any atom is 0.342 e. The van der Waals surface area contributed by atoms with E-state index in [9.17, 15) is 0 Å². The topological polar surface area (TPSA) is 101 Å². The SMILES string of the molecule is O=C1N2c3oc4ccccc4c3B(c3c(-c4ccccc4)nc(-c4ccccc4)nc3-c3ccccc3)c3ccc4ccc5c(c4c32)N1c1oc2ccccc2c1B5c1c(-c2ccccc2)nc(-c2ccccc2)nc1-c1ccccc1. The first-order valence-electron chi connectivity index (χ1n) is 27.6. The Bertz CT molecular complexity index is 4480. The molecule has 0 fully saturated rings. The molecule has 0 bridgehead atoms. The molecule has 2 amide bonds. The van der Waals surface area contributed by atoms with Crippen LogP contribution in [0.1, 0.15) is 0 Å². The highest BCUT2D eigenvalue weighted by atomic mass is 16.4. The first-order valence-corrected chi connectivity index (χ1v) is 27.6. The number of aromatic nitrogens is 4. The first-order chi connectivity index (χ1) is 40.6. The number of carbonyl (C=O) groups excluding carboxylic acids is 1.